The third-order valence-electron chi connectivity index (χ3n) is 4.68. The van der Waals surface area contributed by atoms with Gasteiger partial charge in [-0.25, -0.2) is 8.42 Å². The molecule has 0 spiro atoms. The summed E-state index contributed by atoms with van der Waals surface area (Å²) >= 11 is 0. The topological polar surface area (TPSA) is 96.1 Å². The van der Waals surface area contributed by atoms with E-state index in [1.54, 1.807) is 32.0 Å². The molecule has 1 saturated heterocycles. The third-order valence-corrected chi connectivity index (χ3v) is 7.30. The summed E-state index contributed by atoms with van der Waals surface area (Å²) in [4.78, 5) is 26.6. The molecule has 6 nitrogen and oxygen atoms in total. The van der Waals surface area contributed by atoms with E-state index in [4.69, 9.17) is 0 Å². The van der Waals surface area contributed by atoms with E-state index in [-0.39, 0.29) is 23.3 Å². The molecule has 2 aromatic rings. The van der Waals surface area contributed by atoms with Crippen molar-refractivity contribution in [2.45, 2.75) is 37.5 Å². The van der Waals surface area contributed by atoms with E-state index in [1.165, 1.54) is 12.3 Å². The summed E-state index contributed by atoms with van der Waals surface area (Å²) in [5, 5.41) is 4.30. The highest BCUT2D eigenvalue weighted by atomic mass is 32.2. The van der Waals surface area contributed by atoms with Crippen LogP contribution in [0.4, 0.5) is 0 Å². The summed E-state index contributed by atoms with van der Waals surface area (Å²) in [6.45, 7) is 3.40. The Kier molecular flexibility index (Phi) is 3.99. The van der Waals surface area contributed by atoms with Crippen LogP contribution in [-0.4, -0.2) is 35.9 Å². The Hall–Kier alpha value is -2.15. The minimum absolute atomic E-state index is 0.0772. The number of nitrogens with one attached hydrogen (secondary N) is 2. The number of fused-ring (bicyclic) bond motifs is 1. The van der Waals surface area contributed by atoms with Crippen LogP contribution in [-0.2, 0) is 9.84 Å². The summed E-state index contributed by atoms with van der Waals surface area (Å²) in [6, 6.07) is 6.46. The summed E-state index contributed by atoms with van der Waals surface area (Å²) in [5.74, 6) is -0.180. The Morgan fingerprint density at radius 2 is 2.08 bits per heavy atom. The number of benzene rings is 1. The molecule has 7 heteroatoms. The molecule has 3 rings (SSSR count). The number of carbonyl (C=O) groups is 1. The maximum atomic E-state index is 12.6. The van der Waals surface area contributed by atoms with Crippen molar-refractivity contribution in [1.82, 2.24) is 10.3 Å². The molecule has 1 aromatic heterocycles. The Labute approximate surface area is 140 Å². The van der Waals surface area contributed by atoms with Crippen molar-refractivity contribution in [2.24, 2.45) is 0 Å². The van der Waals surface area contributed by atoms with Crippen molar-refractivity contribution in [3.63, 3.8) is 0 Å². The smallest absolute Gasteiger partial charge is 0.252 e. The molecule has 0 saturated carbocycles. The van der Waals surface area contributed by atoms with Gasteiger partial charge in [-0.1, -0.05) is 12.1 Å². The molecule has 0 aliphatic carbocycles. The lowest BCUT2D eigenvalue weighted by Gasteiger charge is -2.35. The maximum absolute atomic E-state index is 12.6. The molecular weight excluding hydrogens is 328 g/mol. The third kappa shape index (κ3) is 2.96. The lowest BCUT2D eigenvalue weighted by atomic mass is 9.99. The van der Waals surface area contributed by atoms with Crippen LogP contribution in [0.1, 0.15) is 37.0 Å². The molecule has 0 radical (unpaired) electrons. The largest absolute Gasteiger partial charge is 0.349 e. The van der Waals surface area contributed by atoms with E-state index >= 15 is 0 Å². The fourth-order valence-electron chi connectivity index (χ4n) is 3.18. The first kappa shape index (κ1) is 16.7. The van der Waals surface area contributed by atoms with Gasteiger partial charge in [-0.3, -0.25) is 9.59 Å². The number of hydrogen-bond acceptors (Lipinski definition) is 4. The molecule has 2 heterocycles. The van der Waals surface area contributed by atoms with Crippen molar-refractivity contribution < 1.29 is 13.2 Å². The van der Waals surface area contributed by atoms with E-state index < -0.39 is 14.6 Å². The number of carbonyl (C=O) groups excluding carboxylic acids is 1. The average molecular weight is 348 g/mol. The first-order valence-corrected chi connectivity index (χ1v) is 9.49. The number of pyridine rings is 1. The van der Waals surface area contributed by atoms with Crippen LogP contribution >= 0.6 is 0 Å². The highest BCUT2D eigenvalue weighted by Gasteiger charge is 2.41. The van der Waals surface area contributed by atoms with E-state index in [2.05, 4.69) is 10.3 Å². The van der Waals surface area contributed by atoms with E-state index in [0.717, 1.165) is 0 Å². The number of aromatic amines is 1. The van der Waals surface area contributed by atoms with Crippen LogP contribution in [0.3, 0.4) is 0 Å². The first-order valence-electron chi connectivity index (χ1n) is 7.84. The number of amides is 1. The van der Waals surface area contributed by atoms with E-state index in [0.29, 0.717) is 29.2 Å². The second-order valence-corrected chi connectivity index (χ2v) is 9.59. The molecule has 1 aliphatic rings. The molecule has 1 unspecified atom stereocenters. The van der Waals surface area contributed by atoms with Crippen molar-refractivity contribution in [1.29, 1.82) is 0 Å². The van der Waals surface area contributed by atoms with Crippen molar-refractivity contribution in [3.8, 4) is 0 Å². The maximum Gasteiger partial charge on any atom is 0.252 e. The normalized spacial score (nSPS) is 22.2. The summed E-state index contributed by atoms with van der Waals surface area (Å²) in [5.41, 5.74) is 0.245. The SMILES string of the molecule is CC1(C)CC(NC(=O)c2cccc3cc(=O)[nH]cc23)CCS1(=O)=O. The highest BCUT2D eigenvalue weighted by molar-refractivity contribution is 7.92. The fourth-order valence-corrected chi connectivity index (χ4v) is 4.78. The zero-order valence-electron chi connectivity index (χ0n) is 13.6. The minimum Gasteiger partial charge on any atom is -0.349 e. The van der Waals surface area contributed by atoms with Gasteiger partial charge in [0.25, 0.3) is 5.91 Å². The Bertz CT molecular complexity index is 960. The van der Waals surface area contributed by atoms with Crippen molar-refractivity contribution in [3.05, 3.63) is 46.4 Å². The quantitative estimate of drug-likeness (QED) is 0.862. The summed E-state index contributed by atoms with van der Waals surface area (Å²) < 4.78 is 23.3. The predicted octanol–water partition coefficient (Wildman–Crippen LogP) is 1.61. The highest BCUT2D eigenvalue weighted by Crippen LogP contribution is 2.30. The van der Waals surface area contributed by atoms with Gasteiger partial charge in [0.05, 0.1) is 10.5 Å². The van der Waals surface area contributed by atoms with Gasteiger partial charge < -0.3 is 10.3 Å². The van der Waals surface area contributed by atoms with Crippen LogP contribution < -0.4 is 10.9 Å². The monoisotopic (exact) mass is 348 g/mol. The first-order chi connectivity index (χ1) is 11.2. The predicted molar refractivity (Wildman–Crippen MR) is 92.9 cm³/mol. The van der Waals surface area contributed by atoms with Gasteiger partial charge in [0, 0.05) is 29.3 Å². The number of hydrogen-bond donors (Lipinski definition) is 2. The van der Waals surface area contributed by atoms with Crippen molar-refractivity contribution in [2.75, 3.05) is 5.75 Å². The van der Waals surface area contributed by atoms with Crippen LogP contribution in [0.2, 0.25) is 0 Å². The van der Waals surface area contributed by atoms with Gasteiger partial charge in [0.2, 0.25) is 5.56 Å². The number of rotatable bonds is 2. The van der Waals surface area contributed by atoms with E-state index in [1.807, 2.05) is 0 Å². The number of aromatic nitrogens is 1. The standard InChI is InChI=1S/C17H20N2O4S/c1-17(2)9-12(6-7-24(17,22)23)19-16(21)13-5-3-4-11-8-15(20)18-10-14(11)13/h3-5,8,10,12H,6-7,9H2,1-2H3,(H,18,20)(H,19,21). The molecule has 2 N–H and O–H groups in total. The van der Waals surface area contributed by atoms with Gasteiger partial charge in [-0.2, -0.15) is 0 Å². The molecule has 1 atom stereocenters. The van der Waals surface area contributed by atoms with Crippen LogP contribution in [0.25, 0.3) is 10.8 Å². The Balaban J connectivity index is 1.85. The van der Waals surface area contributed by atoms with Crippen LogP contribution in [0.5, 0.6) is 0 Å². The number of H-pyrrole nitrogens is 1. The van der Waals surface area contributed by atoms with Gasteiger partial charge in [0.15, 0.2) is 9.84 Å². The second-order valence-electron chi connectivity index (χ2n) is 6.85. The Morgan fingerprint density at radius 3 is 2.79 bits per heavy atom. The molecule has 24 heavy (non-hydrogen) atoms. The molecule has 1 fully saturated rings. The Morgan fingerprint density at radius 1 is 1.33 bits per heavy atom. The molecular formula is C17H20N2O4S. The van der Waals surface area contributed by atoms with Gasteiger partial charge >= 0.3 is 0 Å². The lowest BCUT2D eigenvalue weighted by molar-refractivity contribution is 0.0932. The average Bonchev–Trinajstić information content (AvgIpc) is 2.50. The van der Waals surface area contributed by atoms with Gasteiger partial charge in [-0.05, 0) is 38.1 Å². The molecule has 1 aromatic carbocycles. The fraction of sp³-hybridized carbons (Fsp3) is 0.412. The zero-order valence-corrected chi connectivity index (χ0v) is 14.4. The molecule has 1 amide bonds. The summed E-state index contributed by atoms with van der Waals surface area (Å²) in [6.07, 6.45) is 2.34. The van der Waals surface area contributed by atoms with E-state index in [9.17, 15) is 18.0 Å². The second kappa shape index (κ2) is 5.73. The van der Waals surface area contributed by atoms with Gasteiger partial charge in [-0.15, -0.1) is 0 Å². The minimum atomic E-state index is -3.12. The molecule has 1 aliphatic heterocycles. The molecule has 128 valence electrons. The van der Waals surface area contributed by atoms with Crippen LogP contribution in [0.15, 0.2) is 35.3 Å². The van der Waals surface area contributed by atoms with Crippen molar-refractivity contribution >= 4 is 26.5 Å². The van der Waals surface area contributed by atoms with Crippen LogP contribution in [0, 0.1) is 0 Å². The zero-order chi connectivity index (χ0) is 17.5. The molecule has 0 bridgehead atoms. The van der Waals surface area contributed by atoms with Gasteiger partial charge in [0.1, 0.15) is 0 Å². The number of sulfone groups is 1. The lowest BCUT2D eigenvalue weighted by Crippen LogP contribution is -2.49. The summed E-state index contributed by atoms with van der Waals surface area (Å²) in [7, 11) is -3.12.